The van der Waals surface area contributed by atoms with Crippen LogP contribution in [-0.4, -0.2) is 13.7 Å². The van der Waals surface area contributed by atoms with E-state index in [1.54, 1.807) is 0 Å². The molecule has 0 aliphatic heterocycles. The Labute approximate surface area is 81.8 Å². The van der Waals surface area contributed by atoms with E-state index in [0.717, 1.165) is 0 Å². The minimum atomic E-state index is -3.36. The van der Waals surface area contributed by atoms with Gasteiger partial charge in [-0.15, -0.1) is 0 Å². The Morgan fingerprint density at radius 1 is 1.00 bits per heavy atom. The molecule has 0 spiro atoms. The lowest BCUT2D eigenvalue weighted by molar-refractivity contribution is 0.465. The zero-order valence-corrected chi connectivity index (χ0v) is 9.76. The lowest BCUT2D eigenvalue weighted by Gasteiger charge is -2.18. The maximum atomic E-state index is 11.2. The topological polar surface area (TPSA) is 60.2 Å². The van der Waals surface area contributed by atoms with E-state index in [4.69, 9.17) is 5.14 Å². The fourth-order valence-corrected chi connectivity index (χ4v) is 2.72. The minimum absolute atomic E-state index is 0.368. The van der Waals surface area contributed by atoms with Crippen molar-refractivity contribution >= 4 is 10.0 Å². The molecule has 0 aromatic rings. The molecule has 0 saturated carbocycles. The molecule has 0 heterocycles. The summed E-state index contributed by atoms with van der Waals surface area (Å²) in [4.78, 5) is 0. The molecule has 4 heteroatoms. The quantitative estimate of drug-likeness (QED) is 0.746. The van der Waals surface area contributed by atoms with Gasteiger partial charge in [-0.2, -0.15) is 0 Å². The van der Waals surface area contributed by atoms with E-state index in [1.807, 2.05) is 27.7 Å². The van der Waals surface area contributed by atoms with Crippen LogP contribution in [0.2, 0.25) is 0 Å². The lowest BCUT2D eigenvalue weighted by Crippen LogP contribution is -2.31. The third kappa shape index (κ3) is 6.05. The second kappa shape index (κ2) is 4.96. The van der Waals surface area contributed by atoms with Crippen molar-refractivity contribution in [2.24, 2.45) is 17.0 Å². The fourth-order valence-electron chi connectivity index (χ4n) is 1.42. The van der Waals surface area contributed by atoms with Crippen molar-refractivity contribution in [3.05, 3.63) is 0 Å². The molecule has 2 N–H and O–H groups in total. The Kier molecular flexibility index (Phi) is 4.92. The summed E-state index contributed by atoms with van der Waals surface area (Å²) < 4.78 is 22.4. The van der Waals surface area contributed by atoms with Crippen molar-refractivity contribution in [3.8, 4) is 0 Å². The standard InChI is InChI=1S/C9H21NO2S/c1-7(2)5-9(6-8(3)4)13(10,11)12/h7-9H,5-6H2,1-4H3,(H2,10,11,12). The van der Waals surface area contributed by atoms with Crippen molar-refractivity contribution in [2.45, 2.75) is 45.8 Å². The normalized spacial score (nSPS) is 13.2. The molecule has 0 aliphatic carbocycles. The molecule has 0 amide bonds. The van der Waals surface area contributed by atoms with Crippen molar-refractivity contribution in [2.75, 3.05) is 0 Å². The van der Waals surface area contributed by atoms with Gasteiger partial charge in [0.05, 0.1) is 5.25 Å². The molecule has 80 valence electrons. The first kappa shape index (κ1) is 12.9. The second-order valence-electron chi connectivity index (χ2n) is 4.47. The molecule has 0 atom stereocenters. The van der Waals surface area contributed by atoms with E-state index < -0.39 is 10.0 Å². The summed E-state index contributed by atoms with van der Waals surface area (Å²) in [5.74, 6) is 0.754. The van der Waals surface area contributed by atoms with Gasteiger partial charge in [0.15, 0.2) is 0 Å². The van der Waals surface area contributed by atoms with Crippen LogP contribution in [0.1, 0.15) is 40.5 Å². The van der Waals surface area contributed by atoms with Crippen LogP contribution in [0.25, 0.3) is 0 Å². The summed E-state index contributed by atoms with van der Waals surface area (Å²) in [6, 6.07) is 0. The predicted octanol–water partition coefficient (Wildman–Crippen LogP) is 1.74. The van der Waals surface area contributed by atoms with Crippen molar-refractivity contribution in [1.29, 1.82) is 0 Å². The summed E-state index contributed by atoms with van der Waals surface area (Å²) in [5.41, 5.74) is 0. The summed E-state index contributed by atoms with van der Waals surface area (Å²) in [6.07, 6.45) is 1.33. The van der Waals surface area contributed by atoms with Gasteiger partial charge in [-0.1, -0.05) is 27.7 Å². The van der Waals surface area contributed by atoms with Crippen LogP contribution >= 0.6 is 0 Å². The zero-order valence-electron chi connectivity index (χ0n) is 8.95. The van der Waals surface area contributed by atoms with Crippen LogP contribution in [0.4, 0.5) is 0 Å². The highest BCUT2D eigenvalue weighted by Crippen LogP contribution is 2.18. The number of rotatable bonds is 5. The maximum Gasteiger partial charge on any atom is 0.211 e. The summed E-state index contributed by atoms with van der Waals surface area (Å²) in [5, 5.41) is 4.78. The molecule has 0 saturated heterocycles. The van der Waals surface area contributed by atoms with Crippen LogP contribution in [0.15, 0.2) is 0 Å². The first-order valence-electron chi connectivity index (χ1n) is 4.75. The monoisotopic (exact) mass is 207 g/mol. The summed E-state index contributed by atoms with van der Waals surface area (Å²) in [6.45, 7) is 8.05. The van der Waals surface area contributed by atoms with Gasteiger partial charge in [-0.25, -0.2) is 13.6 Å². The molecule has 0 rings (SSSR count). The van der Waals surface area contributed by atoms with Crippen LogP contribution in [0.3, 0.4) is 0 Å². The van der Waals surface area contributed by atoms with E-state index in [9.17, 15) is 8.42 Å². The molecule has 3 nitrogen and oxygen atoms in total. The Balaban J connectivity index is 4.39. The molecule has 0 bridgehead atoms. The van der Waals surface area contributed by atoms with Gasteiger partial charge in [0.2, 0.25) is 10.0 Å². The SMILES string of the molecule is CC(C)CC(CC(C)C)S(N)(=O)=O. The van der Waals surface area contributed by atoms with Gasteiger partial charge in [0.1, 0.15) is 0 Å². The first-order valence-corrected chi connectivity index (χ1v) is 6.36. The highest BCUT2D eigenvalue weighted by Gasteiger charge is 2.23. The van der Waals surface area contributed by atoms with Crippen LogP contribution in [-0.2, 0) is 10.0 Å². The Morgan fingerprint density at radius 3 is 1.46 bits per heavy atom. The lowest BCUT2D eigenvalue weighted by atomic mass is 10.0. The molecule has 0 aromatic heterocycles. The van der Waals surface area contributed by atoms with E-state index in [0.29, 0.717) is 24.7 Å². The van der Waals surface area contributed by atoms with Gasteiger partial charge in [0.25, 0.3) is 0 Å². The van der Waals surface area contributed by atoms with Crippen LogP contribution < -0.4 is 5.14 Å². The van der Waals surface area contributed by atoms with Crippen LogP contribution in [0, 0.1) is 11.8 Å². The molecule has 13 heavy (non-hydrogen) atoms. The molecule has 0 aromatic carbocycles. The molecule has 0 aliphatic rings. The molecular formula is C9H21NO2S. The third-order valence-corrected chi connectivity index (χ3v) is 3.25. The summed E-state index contributed by atoms with van der Waals surface area (Å²) >= 11 is 0. The van der Waals surface area contributed by atoms with Gasteiger partial charge in [0, 0.05) is 0 Å². The fraction of sp³-hybridized carbons (Fsp3) is 1.00. The first-order chi connectivity index (χ1) is 5.73. The number of primary sulfonamides is 1. The maximum absolute atomic E-state index is 11.2. The highest BCUT2D eigenvalue weighted by atomic mass is 32.2. The van der Waals surface area contributed by atoms with Gasteiger partial charge in [-0.3, -0.25) is 0 Å². The second-order valence-corrected chi connectivity index (χ2v) is 6.31. The van der Waals surface area contributed by atoms with Crippen molar-refractivity contribution in [1.82, 2.24) is 0 Å². The third-order valence-electron chi connectivity index (χ3n) is 1.93. The van der Waals surface area contributed by atoms with E-state index in [-0.39, 0.29) is 5.25 Å². The average molecular weight is 207 g/mol. The van der Waals surface area contributed by atoms with Crippen molar-refractivity contribution in [3.63, 3.8) is 0 Å². The van der Waals surface area contributed by atoms with Crippen molar-refractivity contribution < 1.29 is 8.42 Å². The molecule has 0 radical (unpaired) electrons. The number of sulfonamides is 1. The Hall–Kier alpha value is -0.0900. The number of hydrogen-bond acceptors (Lipinski definition) is 2. The van der Waals surface area contributed by atoms with Gasteiger partial charge >= 0.3 is 0 Å². The minimum Gasteiger partial charge on any atom is -0.228 e. The molecule has 0 fully saturated rings. The molecular weight excluding hydrogens is 186 g/mol. The van der Waals surface area contributed by atoms with E-state index in [2.05, 4.69) is 0 Å². The Morgan fingerprint density at radius 2 is 1.31 bits per heavy atom. The highest BCUT2D eigenvalue weighted by molar-refractivity contribution is 7.89. The average Bonchev–Trinajstić information content (AvgIpc) is 1.81. The number of nitrogens with two attached hydrogens (primary N) is 1. The van der Waals surface area contributed by atoms with E-state index in [1.165, 1.54) is 0 Å². The predicted molar refractivity (Wildman–Crippen MR) is 55.8 cm³/mol. The Bertz CT molecular complexity index is 222. The summed E-state index contributed by atoms with van der Waals surface area (Å²) in [7, 11) is -3.36. The van der Waals surface area contributed by atoms with Gasteiger partial charge < -0.3 is 0 Å². The van der Waals surface area contributed by atoms with E-state index >= 15 is 0 Å². The largest absolute Gasteiger partial charge is 0.228 e. The zero-order chi connectivity index (χ0) is 10.6. The smallest absolute Gasteiger partial charge is 0.211 e. The number of hydrogen-bond donors (Lipinski definition) is 1. The molecule has 0 unspecified atom stereocenters. The van der Waals surface area contributed by atoms with Gasteiger partial charge in [-0.05, 0) is 24.7 Å². The van der Waals surface area contributed by atoms with Crippen LogP contribution in [0.5, 0.6) is 0 Å².